The van der Waals surface area contributed by atoms with E-state index in [1.165, 1.54) is 0 Å². The molecular formula is C18H31N5O9. The monoisotopic (exact) mass is 461 g/mol. The number of amides is 4. The quantitative estimate of drug-likeness (QED) is 0.120. The Morgan fingerprint density at radius 1 is 0.844 bits per heavy atom. The summed E-state index contributed by atoms with van der Waals surface area (Å²) in [5.74, 6) is -6.55. The van der Waals surface area contributed by atoms with Crippen molar-refractivity contribution in [1.82, 2.24) is 16.0 Å². The SMILES string of the molecule is CC(C)CC(NC(=O)C(CC(N)=O)NC(=O)C(N)CO)C(=O)NC(CCC(=O)O)C(=O)O. The first-order valence-electron chi connectivity index (χ1n) is 9.78. The van der Waals surface area contributed by atoms with Crippen LogP contribution in [0.15, 0.2) is 0 Å². The summed E-state index contributed by atoms with van der Waals surface area (Å²) < 4.78 is 0. The molecule has 0 heterocycles. The van der Waals surface area contributed by atoms with Gasteiger partial charge in [0, 0.05) is 6.42 Å². The summed E-state index contributed by atoms with van der Waals surface area (Å²) in [4.78, 5) is 70.5. The van der Waals surface area contributed by atoms with Crippen LogP contribution in [-0.4, -0.2) is 81.7 Å². The molecule has 0 aliphatic rings. The van der Waals surface area contributed by atoms with Crippen LogP contribution in [0.25, 0.3) is 0 Å². The molecule has 0 aliphatic heterocycles. The normalized spacial score (nSPS) is 14.5. The Labute approximate surface area is 184 Å². The maximum absolute atomic E-state index is 12.6. The van der Waals surface area contributed by atoms with E-state index in [0.717, 1.165) is 0 Å². The maximum Gasteiger partial charge on any atom is 0.326 e. The average molecular weight is 461 g/mol. The van der Waals surface area contributed by atoms with Crippen LogP contribution in [0.1, 0.15) is 39.5 Å². The first-order valence-corrected chi connectivity index (χ1v) is 9.78. The predicted octanol–water partition coefficient (Wildman–Crippen LogP) is -3.37. The summed E-state index contributed by atoms with van der Waals surface area (Å²) in [6.45, 7) is 2.74. The van der Waals surface area contributed by atoms with Gasteiger partial charge >= 0.3 is 11.9 Å². The molecule has 4 atom stereocenters. The number of hydrogen-bond donors (Lipinski definition) is 8. The molecule has 0 bridgehead atoms. The van der Waals surface area contributed by atoms with Gasteiger partial charge in [-0.05, 0) is 18.8 Å². The minimum atomic E-state index is -1.51. The topological polar surface area (TPSA) is 251 Å². The average Bonchev–Trinajstić information content (AvgIpc) is 2.67. The number of carbonyl (C=O) groups excluding carboxylic acids is 4. The Morgan fingerprint density at radius 2 is 1.34 bits per heavy atom. The number of hydrogen-bond acceptors (Lipinski definition) is 8. The zero-order valence-corrected chi connectivity index (χ0v) is 17.9. The fourth-order valence-corrected chi connectivity index (χ4v) is 2.54. The van der Waals surface area contributed by atoms with E-state index in [4.69, 9.17) is 21.7 Å². The van der Waals surface area contributed by atoms with E-state index in [1.807, 2.05) is 0 Å². The second kappa shape index (κ2) is 13.9. The van der Waals surface area contributed by atoms with Crippen LogP contribution >= 0.6 is 0 Å². The number of carbonyl (C=O) groups is 6. The number of rotatable bonds is 15. The molecule has 10 N–H and O–H groups in total. The van der Waals surface area contributed by atoms with Gasteiger partial charge in [0.2, 0.25) is 23.6 Å². The van der Waals surface area contributed by atoms with Crippen LogP contribution in [0, 0.1) is 5.92 Å². The lowest BCUT2D eigenvalue weighted by atomic mass is 10.0. The first kappa shape index (κ1) is 28.7. The summed E-state index contributed by atoms with van der Waals surface area (Å²) in [5.41, 5.74) is 10.5. The van der Waals surface area contributed by atoms with Gasteiger partial charge in [0.1, 0.15) is 24.2 Å². The van der Waals surface area contributed by atoms with Gasteiger partial charge in [0.05, 0.1) is 13.0 Å². The number of aliphatic carboxylic acids is 2. The molecule has 14 heteroatoms. The summed E-state index contributed by atoms with van der Waals surface area (Å²) >= 11 is 0. The van der Waals surface area contributed by atoms with Gasteiger partial charge in [-0.15, -0.1) is 0 Å². The highest BCUT2D eigenvalue weighted by Crippen LogP contribution is 2.08. The van der Waals surface area contributed by atoms with Crippen molar-refractivity contribution >= 4 is 35.6 Å². The van der Waals surface area contributed by atoms with E-state index in [9.17, 15) is 33.9 Å². The molecule has 0 aliphatic carbocycles. The molecule has 182 valence electrons. The van der Waals surface area contributed by atoms with Crippen LogP contribution < -0.4 is 27.4 Å². The molecule has 0 aromatic carbocycles. The molecule has 0 saturated heterocycles. The van der Waals surface area contributed by atoms with Gasteiger partial charge in [0.25, 0.3) is 0 Å². The Morgan fingerprint density at radius 3 is 1.78 bits per heavy atom. The van der Waals surface area contributed by atoms with E-state index >= 15 is 0 Å². The Hall–Kier alpha value is -3.26. The summed E-state index contributed by atoms with van der Waals surface area (Å²) in [6.07, 6.45) is -1.44. The maximum atomic E-state index is 12.6. The molecule has 0 rings (SSSR count). The molecule has 14 nitrogen and oxygen atoms in total. The number of carboxylic acids is 2. The van der Waals surface area contributed by atoms with Crippen molar-refractivity contribution in [2.45, 2.75) is 63.7 Å². The van der Waals surface area contributed by atoms with E-state index in [0.29, 0.717) is 0 Å². The van der Waals surface area contributed by atoms with Gasteiger partial charge in [-0.3, -0.25) is 24.0 Å². The van der Waals surface area contributed by atoms with Gasteiger partial charge in [-0.25, -0.2) is 4.79 Å². The van der Waals surface area contributed by atoms with Crippen molar-refractivity contribution in [3.05, 3.63) is 0 Å². The lowest BCUT2D eigenvalue weighted by molar-refractivity contribution is -0.143. The number of aliphatic hydroxyl groups excluding tert-OH is 1. The summed E-state index contributed by atoms with van der Waals surface area (Å²) in [7, 11) is 0. The van der Waals surface area contributed by atoms with Crippen molar-refractivity contribution < 1.29 is 44.1 Å². The third kappa shape index (κ3) is 11.2. The van der Waals surface area contributed by atoms with E-state index in [2.05, 4.69) is 16.0 Å². The lowest BCUT2D eigenvalue weighted by Crippen LogP contribution is -2.58. The minimum Gasteiger partial charge on any atom is -0.481 e. The van der Waals surface area contributed by atoms with Gasteiger partial charge in [-0.1, -0.05) is 13.8 Å². The molecule has 0 aromatic rings. The minimum absolute atomic E-state index is 0.0657. The number of carboxylic acid groups (broad SMARTS) is 2. The van der Waals surface area contributed by atoms with E-state index in [-0.39, 0.29) is 18.8 Å². The Kier molecular flexibility index (Phi) is 12.5. The highest BCUT2D eigenvalue weighted by atomic mass is 16.4. The van der Waals surface area contributed by atoms with Crippen LogP contribution in [-0.2, 0) is 28.8 Å². The van der Waals surface area contributed by atoms with E-state index in [1.54, 1.807) is 13.8 Å². The molecule has 0 aromatic heterocycles. The second-order valence-electron chi connectivity index (χ2n) is 7.54. The van der Waals surface area contributed by atoms with Gasteiger partial charge in [0.15, 0.2) is 0 Å². The number of aliphatic hydroxyl groups is 1. The van der Waals surface area contributed by atoms with Crippen LogP contribution in [0.3, 0.4) is 0 Å². The fourth-order valence-electron chi connectivity index (χ4n) is 2.54. The van der Waals surface area contributed by atoms with Crippen molar-refractivity contribution in [1.29, 1.82) is 0 Å². The molecule has 0 spiro atoms. The Bertz CT molecular complexity index is 713. The van der Waals surface area contributed by atoms with Crippen molar-refractivity contribution in [3.63, 3.8) is 0 Å². The first-order chi connectivity index (χ1) is 14.8. The highest BCUT2D eigenvalue weighted by Gasteiger charge is 2.31. The van der Waals surface area contributed by atoms with Gasteiger partial charge < -0.3 is 42.7 Å². The van der Waals surface area contributed by atoms with Crippen molar-refractivity contribution in [2.24, 2.45) is 17.4 Å². The molecule has 32 heavy (non-hydrogen) atoms. The summed E-state index contributed by atoms with van der Waals surface area (Å²) in [6, 6.07) is -5.62. The molecule has 0 fully saturated rings. The summed E-state index contributed by atoms with van der Waals surface area (Å²) in [5, 5.41) is 33.6. The largest absolute Gasteiger partial charge is 0.481 e. The van der Waals surface area contributed by atoms with Gasteiger partial charge in [-0.2, -0.15) is 0 Å². The molecular weight excluding hydrogens is 430 g/mol. The fraction of sp³-hybridized carbons (Fsp3) is 0.667. The smallest absolute Gasteiger partial charge is 0.326 e. The van der Waals surface area contributed by atoms with E-state index < -0.39 is 79.2 Å². The number of primary amides is 1. The van der Waals surface area contributed by atoms with Crippen LogP contribution in [0.5, 0.6) is 0 Å². The van der Waals surface area contributed by atoms with Crippen molar-refractivity contribution in [3.8, 4) is 0 Å². The third-order valence-corrected chi connectivity index (χ3v) is 4.17. The van der Waals surface area contributed by atoms with Crippen molar-refractivity contribution in [2.75, 3.05) is 6.61 Å². The Balaban J connectivity index is 5.48. The number of nitrogens with two attached hydrogens (primary N) is 2. The molecule has 0 saturated carbocycles. The zero-order valence-electron chi connectivity index (χ0n) is 17.9. The van der Waals surface area contributed by atoms with Crippen LogP contribution in [0.4, 0.5) is 0 Å². The van der Waals surface area contributed by atoms with Crippen LogP contribution in [0.2, 0.25) is 0 Å². The molecule has 4 amide bonds. The zero-order chi connectivity index (χ0) is 25.0. The second-order valence-corrected chi connectivity index (χ2v) is 7.54. The number of nitrogens with one attached hydrogen (secondary N) is 3. The third-order valence-electron chi connectivity index (χ3n) is 4.17. The predicted molar refractivity (Wildman–Crippen MR) is 109 cm³/mol. The molecule has 0 radical (unpaired) electrons. The molecule has 4 unspecified atom stereocenters. The standard InChI is InChI=1S/C18H31N5O9/c1-8(2)5-11(16(29)21-10(18(31)32)3-4-14(26)27)23-17(30)12(6-13(20)25)22-15(28)9(19)7-24/h8-12,24H,3-7,19H2,1-2H3,(H2,20,25)(H,21,29)(H,22,28)(H,23,30)(H,26,27)(H,31,32). The lowest BCUT2D eigenvalue weighted by Gasteiger charge is -2.25. The highest BCUT2D eigenvalue weighted by molar-refractivity contribution is 5.96.